The van der Waals surface area contributed by atoms with E-state index in [2.05, 4.69) is 4.74 Å². The Morgan fingerprint density at radius 1 is 1.25 bits per heavy atom. The molecule has 6 nitrogen and oxygen atoms in total. The summed E-state index contributed by atoms with van der Waals surface area (Å²) in [6.45, 7) is -0.0633. The first-order chi connectivity index (χ1) is 9.60. The number of hydrogen-bond acceptors (Lipinski definition) is 5. The molecule has 0 atom stereocenters. The van der Waals surface area contributed by atoms with E-state index in [9.17, 15) is 14.7 Å². The van der Waals surface area contributed by atoms with Gasteiger partial charge in [0.25, 0.3) is 0 Å². The minimum Gasteiger partial charge on any atom is -0.510 e. The van der Waals surface area contributed by atoms with Crippen LogP contribution in [0, 0.1) is 0 Å². The van der Waals surface area contributed by atoms with Gasteiger partial charge < -0.3 is 14.6 Å². The summed E-state index contributed by atoms with van der Waals surface area (Å²) in [6.07, 6.45) is 1.83. The molecule has 0 aliphatic carbocycles. The number of hydrogen-bond donors (Lipinski definition) is 1. The van der Waals surface area contributed by atoms with Crippen LogP contribution in [0.4, 0.5) is 4.79 Å². The van der Waals surface area contributed by atoms with Gasteiger partial charge in [0, 0.05) is 6.20 Å². The molecule has 1 N–H and O–H groups in total. The van der Waals surface area contributed by atoms with Crippen molar-refractivity contribution in [2.24, 2.45) is 0 Å². The molecular formula is C14H13NO5. The molecule has 0 saturated heterocycles. The second-order valence-corrected chi connectivity index (χ2v) is 4.02. The molecule has 1 aliphatic heterocycles. The first kappa shape index (κ1) is 13.7. The lowest BCUT2D eigenvalue weighted by Crippen LogP contribution is -2.33. The minimum atomic E-state index is -0.697. The zero-order valence-corrected chi connectivity index (χ0v) is 10.8. The molecule has 1 amide bonds. The molecule has 0 fully saturated rings. The van der Waals surface area contributed by atoms with E-state index < -0.39 is 12.1 Å². The third-order valence-corrected chi connectivity index (χ3v) is 2.55. The van der Waals surface area contributed by atoms with Gasteiger partial charge in [0.05, 0.1) is 19.2 Å². The molecule has 1 aliphatic rings. The van der Waals surface area contributed by atoms with Crippen molar-refractivity contribution in [3.8, 4) is 5.75 Å². The number of amides is 1. The van der Waals surface area contributed by atoms with Crippen LogP contribution in [0.2, 0.25) is 0 Å². The summed E-state index contributed by atoms with van der Waals surface area (Å²) in [4.78, 5) is 24.4. The number of para-hydroxylation sites is 1. The number of ether oxygens (including phenoxy) is 2. The third kappa shape index (κ3) is 3.17. The highest BCUT2D eigenvalue weighted by Crippen LogP contribution is 2.16. The Morgan fingerprint density at radius 2 is 1.95 bits per heavy atom. The minimum absolute atomic E-state index is 0.0633. The lowest BCUT2D eigenvalue weighted by Gasteiger charge is -2.21. The normalized spacial score (nSPS) is 14.2. The lowest BCUT2D eigenvalue weighted by atomic mass is 10.2. The van der Waals surface area contributed by atoms with Crippen LogP contribution < -0.4 is 4.74 Å². The van der Waals surface area contributed by atoms with Crippen LogP contribution in [0.3, 0.4) is 0 Å². The Bertz CT molecular complexity index is 576. The van der Waals surface area contributed by atoms with E-state index in [4.69, 9.17) is 4.74 Å². The van der Waals surface area contributed by atoms with Crippen molar-refractivity contribution in [3.63, 3.8) is 0 Å². The van der Waals surface area contributed by atoms with Crippen molar-refractivity contribution in [2.45, 2.75) is 0 Å². The van der Waals surface area contributed by atoms with Crippen molar-refractivity contribution in [1.29, 1.82) is 0 Å². The van der Waals surface area contributed by atoms with Crippen molar-refractivity contribution in [3.05, 3.63) is 53.9 Å². The number of rotatable bonds is 2. The van der Waals surface area contributed by atoms with Gasteiger partial charge >= 0.3 is 12.1 Å². The van der Waals surface area contributed by atoms with Gasteiger partial charge in [-0.3, -0.25) is 4.90 Å². The zero-order chi connectivity index (χ0) is 14.5. The average Bonchev–Trinajstić information content (AvgIpc) is 2.46. The first-order valence-electron chi connectivity index (χ1n) is 5.83. The van der Waals surface area contributed by atoms with Crippen LogP contribution >= 0.6 is 0 Å². The second kappa shape index (κ2) is 5.92. The molecular weight excluding hydrogens is 262 g/mol. The maximum Gasteiger partial charge on any atom is 0.419 e. The quantitative estimate of drug-likeness (QED) is 0.835. The van der Waals surface area contributed by atoms with Gasteiger partial charge in [0.2, 0.25) is 0 Å². The van der Waals surface area contributed by atoms with Crippen LogP contribution in [0.25, 0.3) is 0 Å². The van der Waals surface area contributed by atoms with E-state index in [-0.39, 0.29) is 17.9 Å². The van der Waals surface area contributed by atoms with Crippen molar-refractivity contribution in [1.82, 2.24) is 4.90 Å². The molecule has 104 valence electrons. The maximum absolute atomic E-state index is 11.9. The standard InChI is InChI=1S/C14H13NO5/c1-19-13(17)10-7-11(16)9-15(8-10)14(18)20-12-5-3-2-4-6-12/h2-8,16H,9H2,1H3. The lowest BCUT2D eigenvalue weighted by molar-refractivity contribution is -0.135. The molecule has 6 heteroatoms. The highest BCUT2D eigenvalue weighted by Gasteiger charge is 2.22. The molecule has 0 saturated carbocycles. The number of methoxy groups -OCH3 is 1. The molecule has 0 aromatic heterocycles. The molecule has 0 bridgehead atoms. The Labute approximate surface area is 115 Å². The van der Waals surface area contributed by atoms with E-state index >= 15 is 0 Å². The molecule has 2 rings (SSSR count). The van der Waals surface area contributed by atoms with E-state index in [0.29, 0.717) is 5.75 Å². The summed E-state index contributed by atoms with van der Waals surface area (Å²) in [7, 11) is 1.22. The van der Waals surface area contributed by atoms with Gasteiger partial charge in [-0.05, 0) is 18.2 Å². The fraction of sp³-hybridized carbons (Fsp3) is 0.143. The molecule has 1 aromatic rings. The predicted octanol–water partition coefficient (Wildman–Crippen LogP) is 2.00. The Hall–Kier alpha value is -2.76. The summed E-state index contributed by atoms with van der Waals surface area (Å²) in [5.41, 5.74) is 0.0706. The molecule has 20 heavy (non-hydrogen) atoms. The Kier molecular flexibility index (Phi) is 4.05. The molecule has 1 heterocycles. The van der Waals surface area contributed by atoms with Crippen LogP contribution in [-0.2, 0) is 9.53 Å². The highest BCUT2D eigenvalue weighted by molar-refractivity contribution is 5.92. The van der Waals surface area contributed by atoms with Crippen LogP contribution in [0.1, 0.15) is 0 Å². The van der Waals surface area contributed by atoms with Crippen LogP contribution in [0.5, 0.6) is 5.75 Å². The van der Waals surface area contributed by atoms with Gasteiger partial charge in [-0.15, -0.1) is 0 Å². The number of aliphatic hydroxyl groups excluding tert-OH is 1. The van der Waals surface area contributed by atoms with Gasteiger partial charge in [-0.1, -0.05) is 18.2 Å². The van der Waals surface area contributed by atoms with Gasteiger partial charge in [-0.2, -0.15) is 0 Å². The van der Waals surface area contributed by atoms with Crippen molar-refractivity contribution < 1.29 is 24.2 Å². The number of benzene rings is 1. The summed E-state index contributed by atoms with van der Waals surface area (Å²) in [6, 6.07) is 8.50. The third-order valence-electron chi connectivity index (χ3n) is 2.55. The number of nitrogens with zero attached hydrogens (tertiary/aromatic N) is 1. The molecule has 0 unspecified atom stereocenters. The van der Waals surface area contributed by atoms with Gasteiger partial charge in [-0.25, -0.2) is 9.59 Å². The topological polar surface area (TPSA) is 76.1 Å². The number of esters is 1. The van der Waals surface area contributed by atoms with Crippen LogP contribution in [0.15, 0.2) is 53.9 Å². The Morgan fingerprint density at radius 3 is 2.60 bits per heavy atom. The first-order valence-corrected chi connectivity index (χ1v) is 5.83. The zero-order valence-electron chi connectivity index (χ0n) is 10.8. The molecule has 1 aromatic carbocycles. The SMILES string of the molecule is COC(=O)C1=CN(C(=O)Oc2ccccc2)CC(O)=C1. The van der Waals surface area contributed by atoms with E-state index in [1.54, 1.807) is 30.3 Å². The van der Waals surface area contributed by atoms with E-state index in [0.717, 1.165) is 4.90 Å². The maximum atomic E-state index is 11.9. The fourth-order valence-corrected chi connectivity index (χ4v) is 1.65. The Balaban J connectivity index is 2.12. The summed E-state index contributed by atoms with van der Waals surface area (Å²) in [5.74, 6) is -0.397. The highest BCUT2D eigenvalue weighted by atomic mass is 16.6. The van der Waals surface area contributed by atoms with Gasteiger partial charge in [0.1, 0.15) is 11.5 Å². The molecule has 0 spiro atoms. The van der Waals surface area contributed by atoms with E-state index in [1.807, 2.05) is 0 Å². The summed E-state index contributed by atoms with van der Waals surface area (Å²) < 4.78 is 9.66. The predicted molar refractivity (Wildman–Crippen MR) is 70.0 cm³/mol. The van der Waals surface area contributed by atoms with Gasteiger partial charge in [0.15, 0.2) is 0 Å². The van der Waals surface area contributed by atoms with Crippen molar-refractivity contribution in [2.75, 3.05) is 13.7 Å². The smallest absolute Gasteiger partial charge is 0.419 e. The summed E-state index contributed by atoms with van der Waals surface area (Å²) >= 11 is 0. The fourth-order valence-electron chi connectivity index (χ4n) is 1.65. The summed E-state index contributed by atoms with van der Waals surface area (Å²) in [5, 5.41) is 9.57. The number of aliphatic hydroxyl groups is 1. The van der Waals surface area contributed by atoms with E-state index in [1.165, 1.54) is 19.4 Å². The number of carbonyl (C=O) groups excluding carboxylic acids is 2. The van der Waals surface area contributed by atoms with Crippen molar-refractivity contribution >= 4 is 12.1 Å². The average molecular weight is 275 g/mol. The largest absolute Gasteiger partial charge is 0.510 e. The molecule has 0 radical (unpaired) electrons. The second-order valence-electron chi connectivity index (χ2n) is 4.02. The number of carbonyl (C=O) groups is 2. The van der Waals surface area contributed by atoms with Crippen LogP contribution in [-0.4, -0.2) is 35.7 Å². The monoisotopic (exact) mass is 275 g/mol.